The van der Waals surface area contributed by atoms with Crippen LogP contribution < -0.4 is 15.0 Å². The van der Waals surface area contributed by atoms with Gasteiger partial charge in [0.25, 0.3) is 0 Å². The minimum atomic E-state index is -0.100. The predicted molar refractivity (Wildman–Crippen MR) is 131 cm³/mol. The molecule has 164 valence electrons. The molecule has 0 fully saturated rings. The first kappa shape index (κ1) is 22.0. The fourth-order valence-electron chi connectivity index (χ4n) is 3.05. The first-order chi connectivity index (χ1) is 15.6. The lowest BCUT2D eigenvalue weighted by molar-refractivity contribution is -0.113. The fourth-order valence-corrected chi connectivity index (χ4v) is 4.90. The van der Waals surface area contributed by atoms with Crippen LogP contribution in [0.3, 0.4) is 0 Å². The van der Waals surface area contributed by atoms with Crippen LogP contribution in [0.5, 0.6) is 5.75 Å². The molecule has 9 heteroatoms. The van der Waals surface area contributed by atoms with Gasteiger partial charge < -0.3 is 15.0 Å². The number of nitrogens with one attached hydrogen (secondary N) is 1. The minimum absolute atomic E-state index is 0.100. The van der Waals surface area contributed by atoms with Crippen molar-refractivity contribution in [2.45, 2.75) is 18.5 Å². The summed E-state index contributed by atoms with van der Waals surface area (Å²) < 4.78 is 6.31. The van der Waals surface area contributed by atoms with Crippen LogP contribution in [0.1, 0.15) is 12.5 Å². The number of hydrogen-bond donors (Lipinski definition) is 1. The van der Waals surface area contributed by atoms with Crippen LogP contribution in [0.2, 0.25) is 0 Å². The lowest BCUT2D eigenvalue weighted by atomic mass is 10.2. The van der Waals surface area contributed by atoms with Crippen molar-refractivity contribution in [2.24, 2.45) is 0 Å². The summed E-state index contributed by atoms with van der Waals surface area (Å²) in [4.78, 5) is 27.9. The van der Waals surface area contributed by atoms with E-state index in [1.807, 2.05) is 56.4 Å². The van der Waals surface area contributed by atoms with Crippen molar-refractivity contribution in [3.05, 3.63) is 66.5 Å². The first-order valence-corrected chi connectivity index (χ1v) is 11.9. The summed E-state index contributed by atoms with van der Waals surface area (Å²) in [5, 5.41) is 4.52. The van der Waals surface area contributed by atoms with Gasteiger partial charge in [-0.15, -0.1) is 0 Å². The molecule has 0 saturated heterocycles. The lowest BCUT2D eigenvalue weighted by Crippen LogP contribution is -2.15. The summed E-state index contributed by atoms with van der Waals surface area (Å²) in [6.07, 6.45) is 1.50. The topological polar surface area (TPSA) is 80.2 Å². The summed E-state index contributed by atoms with van der Waals surface area (Å²) in [7, 11) is 2.01. The second kappa shape index (κ2) is 10.4. The standard InChI is InChI=1S/C23H23N5O2S2/c1-3-30-18-11-9-17(10-12-18)26-19(29)14-31-22-20-21(24-15-25-22)27-23(32-20)28(2)13-16-7-5-4-6-8-16/h4-12,15H,3,13-14H2,1-2H3,(H,26,29). The molecule has 0 atom stereocenters. The van der Waals surface area contributed by atoms with Crippen molar-refractivity contribution in [1.29, 1.82) is 0 Å². The van der Waals surface area contributed by atoms with Gasteiger partial charge in [0, 0.05) is 19.3 Å². The van der Waals surface area contributed by atoms with Crippen molar-refractivity contribution in [2.75, 3.05) is 29.6 Å². The number of carbonyl (C=O) groups is 1. The van der Waals surface area contributed by atoms with Crippen LogP contribution in [0, 0.1) is 0 Å². The molecule has 32 heavy (non-hydrogen) atoms. The zero-order chi connectivity index (χ0) is 22.3. The summed E-state index contributed by atoms with van der Waals surface area (Å²) in [6.45, 7) is 3.29. The maximum Gasteiger partial charge on any atom is 0.234 e. The highest BCUT2D eigenvalue weighted by Gasteiger charge is 2.15. The Labute approximate surface area is 194 Å². The van der Waals surface area contributed by atoms with Gasteiger partial charge in [-0.3, -0.25) is 4.79 Å². The number of anilines is 2. The third-order valence-electron chi connectivity index (χ3n) is 4.53. The molecule has 4 rings (SSSR count). The Balaban J connectivity index is 1.40. The molecule has 2 heterocycles. The first-order valence-electron chi connectivity index (χ1n) is 10.1. The van der Waals surface area contributed by atoms with E-state index >= 15 is 0 Å². The van der Waals surface area contributed by atoms with Gasteiger partial charge in [0.1, 0.15) is 21.8 Å². The summed E-state index contributed by atoms with van der Waals surface area (Å²) >= 11 is 2.92. The van der Waals surface area contributed by atoms with Crippen LogP contribution in [0.25, 0.3) is 10.3 Å². The largest absolute Gasteiger partial charge is 0.494 e. The van der Waals surface area contributed by atoms with Gasteiger partial charge in [-0.2, -0.15) is 4.98 Å². The van der Waals surface area contributed by atoms with Crippen molar-refractivity contribution in [3.63, 3.8) is 0 Å². The molecule has 0 bridgehead atoms. The molecule has 1 amide bonds. The molecule has 0 spiro atoms. The zero-order valence-electron chi connectivity index (χ0n) is 17.8. The number of carbonyl (C=O) groups excluding carboxylic acids is 1. The Morgan fingerprint density at radius 3 is 2.66 bits per heavy atom. The second-order valence-electron chi connectivity index (χ2n) is 6.96. The Morgan fingerprint density at radius 2 is 1.91 bits per heavy atom. The third-order valence-corrected chi connectivity index (χ3v) is 6.81. The third kappa shape index (κ3) is 5.54. The Bertz CT molecular complexity index is 1180. The molecule has 0 saturated carbocycles. The number of nitrogens with zero attached hydrogens (tertiary/aromatic N) is 4. The van der Waals surface area contributed by atoms with Gasteiger partial charge in [-0.1, -0.05) is 53.4 Å². The molecule has 0 aliphatic carbocycles. The number of benzene rings is 2. The van der Waals surface area contributed by atoms with E-state index in [9.17, 15) is 4.79 Å². The van der Waals surface area contributed by atoms with Crippen molar-refractivity contribution < 1.29 is 9.53 Å². The van der Waals surface area contributed by atoms with E-state index in [2.05, 4.69) is 37.3 Å². The predicted octanol–water partition coefficient (Wildman–Crippen LogP) is 4.85. The molecular weight excluding hydrogens is 442 g/mol. The van der Waals surface area contributed by atoms with Crippen molar-refractivity contribution in [3.8, 4) is 5.75 Å². The molecule has 7 nitrogen and oxygen atoms in total. The number of hydrogen-bond acceptors (Lipinski definition) is 8. The van der Waals surface area contributed by atoms with Crippen molar-refractivity contribution in [1.82, 2.24) is 15.0 Å². The van der Waals surface area contributed by atoms with Gasteiger partial charge in [0.05, 0.1) is 12.4 Å². The van der Waals surface area contributed by atoms with Crippen LogP contribution in [-0.2, 0) is 11.3 Å². The molecule has 2 aromatic carbocycles. The van der Waals surface area contributed by atoms with Crippen molar-refractivity contribution >= 4 is 50.2 Å². The maximum absolute atomic E-state index is 12.4. The molecule has 4 aromatic rings. The fraction of sp³-hybridized carbons (Fsp3) is 0.217. The molecule has 0 aliphatic rings. The number of rotatable bonds is 9. The van der Waals surface area contributed by atoms with Gasteiger partial charge in [-0.05, 0) is 36.8 Å². The molecule has 0 radical (unpaired) electrons. The highest BCUT2D eigenvalue weighted by atomic mass is 32.2. The van der Waals surface area contributed by atoms with Crippen LogP contribution in [0.15, 0.2) is 66.0 Å². The minimum Gasteiger partial charge on any atom is -0.494 e. The zero-order valence-corrected chi connectivity index (χ0v) is 19.4. The second-order valence-corrected chi connectivity index (χ2v) is 8.91. The van der Waals surface area contributed by atoms with Crippen LogP contribution in [0.4, 0.5) is 10.8 Å². The van der Waals surface area contributed by atoms with Gasteiger partial charge in [-0.25, -0.2) is 9.97 Å². The van der Waals surface area contributed by atoms with Gasteiger partial charge in [0.15, 0.2) is 10.8 Å². The van der Waals surface area contributed by atoms with Crippen LogP contribution in [-0.4, -0.2) is 40.3 Å². The number of fused-ring (bicyclic) bond motifs is 1. The lowest BCUT2D eigenvalue weighted by Gasteiger charge is -2.15. The van der Waals surface area contributed by atoms with E-state index in [0.717, 1.165) is 32.8 Å². The average Bonchev–Trinajstić information content (AvgIpc) is 3.25. The number of aromatic nitrogens is 3. The van der Waals surface area contributed by atoms with E-state index < -0.39 is 0 Å². The van der Waals surface area contributed by atoms with Gasteiger partial charge >= 0.3 is 0 Å². The molecular formula is C23H23N5O2S2. The Hall–Kier alpha value is -3.17. The summed E-state index contributed by atoms with van der Waals surface area (Å²) in [6, 6.07) is 17.6. The summed E-state index contributed by atoms with van der Waals surface area (Å²) in [5.74, 6) is 0.921. The number of amides is 1. The Morgan fingerprint density at radius 1 is 1.12 bits per heavy atom. The number of thiazole rings is 1. The summed E-state index contributed by atoms with van der Waals surface area (Å²) in [5.41, 5.74) is 2.59. The molecule has 1 N–H and O–H groups in total. The normalized spacial score (nSPS) is 10.8. The van der Waals surface area contributed by atoms with Crippen LogP contribution >= 0.6 is 23.1 Å². The average molecular weight is 466 g/mol. The SMILES string of the molecule is CCOc1ccc(NC(=O)CSc2ncnc3nc(N(C)Cc4ccccc4)sc23)cc1. The van der Waals surface area contributed by atoms with E-state index in [1.54, 1.807) is 0 Å². The molecule has 0 unspecified atom stereocenters. The highest BCUT2D eigenvalue weighted by Crippen LogP contribution is 2.33. The highest BCUT2D eigenvalue weighted by molar-refractivity contribution is 8.00. The number of thioether (sulfide) groups is 1. The maximum atomic E-state index is 12.4. The van der Waals surface area contributed by atoms with E-state index in [0.29, 0.717) is 12.3 Å². The molecule has 0 aliphatic heterocycles. The van der Waals surface area contributed by atoms with E-state index in [1.165, 1.54) is 35.0 Å². The van der Waals surface area contributed by atoms with E-state index in [4.69, 9.17) is 4.74 Å². The van der Waals surface area contributed by atoms with E-state index in [-0.39, 0.29) is 11.7 Å². The van der Waals surface area contributed by atoms with Gasteiger partial charge in [0.2, 0.25) is 5.91 Å². The monoisotopic (exact) mass is 465 g/mol. The smallest absolute Gasteiger partial charge is 0.234 e. The quantitative estimate of drug-likeness (QED) is 0.279. The molecule has 2 aromatic heterocycles. The Kier molecular flexibility index (Phi) is 7.18. The number of ether oxygens (including phenoxy) is 1.